The molecule has 0 aromatic heterocycles. The van der Waals surface area contributed by atoms with Gasteiger partial charge in [-0.3, -0.25) is 19.2 Å². The van der Waals surface area contributed by atoms with Crippen molar-refractivity contribution in [3.05, 3.63) is 29.0 Å². The third-order valence-electron chi connectivity index (χ3n) is 5.98. The molecule has 2 fully saturated rings. The summed E-state index contributed by atoms with van der Waals surface area (Å²) in [7, 11) is 0. The lowest BCUT2D eigenvalue weighted by atomic mass is 9.96. The quantitative estimate of drug-likeness (QED) is 0.343. The monoisotopic (exact) mass is 597 g/mol. The number of nitrogens with zero attached hydrogens (tertiary/aromatic N) is 2. The van der Waals surface area contributed by atoms with Crippen LogP contribution in [-0.4, -0.2) is 97.3 Å². The second-order valence-corrected chi connectivity index (χ2v) is 10.8. The second-order valence-electron chi connectivity index (χ2n) is 10.4. The number of carbonyl (C=O) groups excluding carboxylic acids is 3. The van der Waals surface area contributed by atoms with Crippen LogP contribution in [-0.2, 0) is 23.8 Å². The standard InChI is InChI=1S/C25H32ClF4N3O7/c1-24(2,3)40-23(36)33-11-15(31-21(34)14-38-16-5-6-18(26)19(27)10-16)4-7-20(33)22(35)32-12-17(13-32)37-8-9-39-25(28,29)30/h5-6,10,15,17,20H,4,7-9,11-14H2,1-3H3,(H,31,34)/t15-,20+/m0/s1. The molecule has 2 saturated heterocycles. The summed E-state index contributed by atoms with van der Waals surface area (Å²) in [5.41, 5.74) is -0.837. The van der Waals surface area contributed by atoms with Gasteiger partial charge in [-0.2, -0.15) is 0 Å². The first-order chi connectivity index (χ1) is 18.6. The predicted octanol–water partition coefficient (Wildman–Crippen LogP) is 3.51. The molecule has 1 N–H and O–H groups in total. The molecule has 0 unspecified atom stereocenters. The predicted molar refractivity (Wildman–Crippen MR) is 133 cm³/mol. The zero-order valence-corrected chi connectivity index (χ0v) is 23.0. The molecular formula is C25H32ClF4N3O7. The van der Waals surface area contributed by atoms with Gasteiger partial charge < -0.3 is 24.4 Å². The van der Waals surface area contributed by atoms with Gasteiger partial charge in [-0.25, -0.2) is 9.18 Å². The lowest BCUT2D eigenvalue weighted by Crippen LogP contribution is -2.64. The molecule has 2 aliphatic rings. The van der Waals surface area contributed by atoms with Crippen molar-refractivity contribution >= 4 is 29.5 Å². The van der Waals surface area contributed by atoms with Crippen LogP contribution >= 0.6 is 11.6 Å². The van der Waals surface area contributed by atoms with E-state index >= 15 is 0 Å². The molecule has 3 rings (SSSR count). The van der Waals surface area contributed by atoms with Crippen molar-refractivity contribution in [2.24, 2.45) is 0 Å². The van der Waals surface area contributed by atoms with Crippen molar-refractivity contribution < 1.29 is 50.9 Å². The van der Waals surface area contributed by atoms with Crippen molar-refractivity contribution in [1.82, 2.24) is 15.1 Å². The van der Waals surface area contributed by atoms with Gasteiger partial charge in [0.1, 0.15) is 23.2 Å². The van der Waals surface area contributed by atoms with Crippen molar-refractivity contribution in [3.63, 3.8) is 0 Å². The number of piperidine rings is 1. The molecule has 3 amide bonds. The largest absolute Gasteiger partial charge is 0.522 e. The molecule has 2 aliphatic heterocycles. The van der Waals surface area contributed by atoms with E-state index in [0.717, 1.165) is 6.07 Å². The Balaban J connectivity index is 1.53. The Bertz CT molecular complexity index is 1060. The first-order valence-corrected chi connectivity index (χ1v) is 13.0. The number of rotatable bonds is 9. The smallest absolute Gasteiger partial charge is 0.484 e. The third kappa shape index (κ3) is 9.66. The van der Waals surface area contributed by atoms with Crippen LogP contribution in [0.15, 0.2) is 18.2 Å². The third-order valence-corrected chi connectivity index (χ3v) is 6.29. The van der Waals surface area contributed by atoms with E-state index in [2.05, 4.69) is 10.1 Å². The van der Waals surface area contributed by atoms with Crippen LogP contribution in [0.5, 0.6) is 5.75 Å². The van der Waals surface area contributed by atoms with Crippen LogP contribution in [0.1, 0.15) is 33.6 Å². The van der Waals surface area contributed by atoms with Gasteiger partial charge in [0.25, 0.3) is 5.91 Å². The van der Waals surface area contributed by atoms with E-state index in [1.54, 1.807) is 20.8 Å². The summed E-state index contributed by atoms with van der Waals surface area (Å²) in [6.45, 7) is 4.02. The van der Waals surface area contributed by atoms with Crippen molar-refractivity contribution in [2.45, 2.75) is 63.8 Å². The number of alkyl halides is 3. The van der Waals surface area contributed by atoms with E-state index in [1.807, 2.05) is 0 Å². The highest BCUT2D eigenvalue weighted by Gasteiger charge is 2.43. The first-order valence-electron chi connectivity index (χ1n) is 12.6. The summed E-state index contributed by atoms with van der Waals surface area (Å²) >= 11 is 5.64. The van der Waals surface area contributed by atoms with Gasteiger partial charge in [0.15, 0.2) is 6.61 Å². The van der Waals surface area contributed by atoms with Crippen LogP contribution in [0.3, 0.4) is 0 Å². The molecule has 1 aromatic rings. The molecule has 40 heavy (non-hydrogen) atoms. The Morgan fingerprint density at radius 3 is 2.40 bits per heavy atom. The maximum atomic E-state index is 13.6. The summed E-state index contributed by atoms with van der Waals surface area (Å²) in [5, 5.41) is 2.67. The van der Waals surface area contributed by atoms with Crippen LogP contribution < -0.4 is 10.1 Å². The van der Waals surface area contributed by atoms with Crippen LogP contribution in [0, 0.1) is 5.82 Å². The highest BCUT2D eigenvalue weighted by Crippen LogP contribution is 2.25. The lowest BCUT2D eigenvalue weighted by molar-refractivity contribution is -0.328. The van der Waals surface area contributed by atoms with Gasteiger partial charge in [0.05, 0.1) is 24.3 Å². The van der Waals surface area contributed by atoms with E-state index in [0.29, 0.717) is 6.42 Å². The minimum Gasteiger partial charge on any atom is -0.484 e. The maximum absolute atomic E-state index is 13.6. The average molecular weight is 598 g/mol. The van der Waals surface area contributed by atoms with Gasteiger partial charge in [-0.05, 0) is 45.7 Å². The van der Waals surface area contributed by atoms with Crippen LogP contribution in [0.2, 0.25) is 5.02 Å². The molecule has 10 nitrogen and oxygen atoms in total. The minimum absolute atomic E-state index is 0.00478. The molecule has 0 bridgehead atoms. The fraction of sp³-hybridized carbons (Fsp3) is 0.640. The molecule has 1 aromatic carbocycles. The fourth-order valence-electron chi connectivity index (χ4n) is 4.16. The maximum Gasteiger partial charge on any atom is 0.522 e. The molecule has 2 atom stereocenters. The normalized spacial score (nSPS) is 20.1. The number of likely N-dealkylation sites (tertiary alicyclic amines) is 2. The van der Waals surface area contributed by atoms with Gasteiger partial charge in [0.2, 0.25) is 5.91 Å². The van der Waals surface area contributed by atoms with E-state index in [9.17, 15) is 31.9 Å². The molecule has 2 heterocycles. The molecular weight excluding hydrogens is 566 g/mol. The number of hydrogen-bond donors (Lipinski definition) is 1. The number of halogens is 5. The molecule has 0 saturated carbocycles. The topological polar surface area (TPSA) is 107 Å². The summed E-state index contributed by atoms with van der Waals surface area (Å²) in [4.78, 5) is 41.4. The SMILES string of the molecule is CC(C)(C)OC(=O)N1C[C@@H](NC(=O)COc2ccc(Cl)c(F)c2)CC[C@@H]1C(=O)N1CC(OCCOC(F)(F)F)C1. The Morgan fingerprint density at radius 2 is 1.77 bits per heavy atom. The van der Waals surface area contributed by atoms with Gasteiger partial charge >= 0.3 is 12.5 Å². The number of nitrogens with one attached hydrogen (secondary N) is 1. The molecule has 0 aliphatic carbocycles. The molecule has 224 valence electrons. The van der Waals surface area contributed by atoms with Crippen molar-refractivity contribution in [3.8, 4) is 5.75 Å². The van der Waals surface area contributed by atoms with E-state index in [1.165, 1.54) is 21.9 Å². The number of carbonyl (C=O) groups is 3. The van der Waals surface area contributed by atoms with Crippen molar-refractivity contribution in [2.75, 3.05) is 39.5 Å². The highest BCUT2D eigenvalue weighted by molar-refractivity contribution is 6.30. The number of amides is 3. The fourth-order valence-corrected chi connectivity index (χ4v) is 4.28. The van der Waals surface area contributed by atoms with Crippen LogP contribution in [0.25, 0.3) is 0 Å². The summed E-state index contributed by atoms with van der Waals surface area (Å²) in [6.07, 6.45) is -5.30. The van der Waals surface area contributed by atoms with Crippen molar-refractivity contribution in [1.29, 1.82) is 0 Å². The van der Waals surface area contributed by atoms with Gasteiger partial charge in [-0.15, -0.1) is 13.2 Å². The molecule has 0 spiro atoms. The Hall–Kier alpha value is -2.84. The average Bonchev–Trinajstić information content (AvgIpc) is 2.81. The zero-order valence-electron chi connectivity index (χ0n) is 22.3. The molecule has 0 radical (unpaired) electrons. The second kappa shape index (κ2) is 13.2. The number of ether oxygens (including phenoxy) is 4. The summed E-state index contributed by atoms with van der Waals surface area (Å²) in [5.74, 6) is -1.43. The van der Waals surface area contributed by atoms with E-state index < -0.39 is 61.2 Å². The lowest BCUT2D eigenvalue weighted by Gasteiger charge is -2.45. The Kier molecular flexibility index (Phi) is 10.5. The van der Waals surface area contributed by atoms with Gasteiger partial charge in [0, 0.05) is 31.7 Å². The number of hydrogen-bond acceptors (Lipinski definition) is 7. The highest BCUT2D eigenvalue weighted by atomic mass is 35.5. The van der Waals surface area contributed by atoms with Gasteiger partial charge in [-0.1, -0.05) is 11.6 Å². The van der Waals surface area contributed by atoms with Crippen LogP contribution in [0.4, 0.5) is 22.4 Å². The first kappa shape index (κ1) is 31.7. The Labute approximate surface area is 233 Å². The summed E-state index contributed by atoms with van der Waals surface area (Å²) < 4.78 is 69.5. The minimum atomic E-state index is -4.74. The number of benzene rings is 1. The van der Waals surface area contributed by atoms with E-state index in [-0.39, 0.29) is 49.3 Å². The zero-order chi connectivity index (χ0) is 29.7. The Morgan fingerprint density at radius 1 is 1.07 bits per heavy atom. The van der Waals surface area contributed by atoms with E-state index in [4.69, 9.17) is 25.8 Å². The summed E-state index contributed by atoms with van der Waals surface area (Å²) in [6, 6.07) is 2.41. The molecule has 15 heteroatoms.